The smallest absolute Gasteiger partial charge is 0.225 e. The van der Waals surface area contributed by atoms with Crippen molar-refractivity contribution in [2.45, 2.75) is 45.7 Å². The first-order chi connectivity index (χ1) is 11.4. The van der Waals surface area contributed by atoms with Gasteiger partial charge in [0.05, 0.1) is 12.0 Å². The summed E-state index contributed by atoms with van der Waals surface area (Å²) in [4.78, 5) is 26.7. The van der Waals surface area contributed by atoms with Crippen molar-refractivity contribution < 1.29 is 9.59 Å². The molecule has 1 saturated heterocycles. The number of hydrogen-bond acceptors (Lipinski definition) is 3. The lowest BCUT2D eigenvalue weighted by Gasteiger charge is -2.25. The highest BCUT2D eigenvalue weighted by atomic mass is 16.2. The van der Waals surface area contributed by atoms with Crippen molar-refractivity contribution in [1.82, 2.24) is 10.2 Å². The molecule has 1 aromatic rings. The molecule has 0 spiro atoms. The average molecular weight is 331 g/mol. The molecule has 3 atom stereocenters. The van der Waals surface area contributed by atoms with Crippen LogP contribution in [0.3, 0.4) is 0 Å². The second-order valence-corrected chi connectivity index (χ2v) is 7.10. The Bertz CT molecular complexity index is 559. The summed E-state index contributed by atoms with van der Waals surface area (Å²) in [5.41, 5.74) is 6.84. The van der Waals surface area contributed by atoms with Gasteiger partial charge in [-0.05, 0) is 24.8 Å². The average Bonchev–Trinajstić information content (AvgIpc) is 2.95. The zero-order valence-electron chi connectivity index (χ0n) is 14.9. The van der Waals surface area contributed by atoms with E-state index in [1.54, 1.807) is 4.90 Å². The van der Waals surface area contributed by atoms with Crippen LogP contribution in [0.4, 0.5) is 0 Å². The molecule has 3 unspecified atom stereocenters. The third-order valence-electron chi connectivity index (χ3n) is 4.67. The summed E-state index contributed by atoms with van der Waals surface area (Å²) in [6.07, 6.45) is 1.13. The molecule has 5 nitrogen and oxygen atoms in total. The monoisotopic (exact) mass is 331 g/mol. The molecule has 1 aromatic carbocycles. The van der Waals surface area contributed by atoms with Crippen molar-refractivity contribution in [2.24, 2.45) is 17.6 Å². The zero-order valence-corrected chi connectivity index (χ0v) is 14.9. The summed E-state index contributed by atoms with van der Waals surface area (Å²) in [7, 11) is 0. The molecule has 1 heterocycles. The topological polar surface area (TPSA) is 75.4 Å². The Morgan fingerprint density at radius 2 is 1.96 bits per heavy atom. The minimum absolute atomic E-state index is 0.0162. The highest BCUT2D eigenvalue weighted by Crippen LogP contribution is 2.28. The van der Waals surface area contributed by atoms with Gasteiger partial charge in [-0.3, -0.25) is 9.59 Å². The molecule has 2 amide bonds. The molecule has 0 aromatic heterocycles. The van der Waals surface area contributed by atoms with Gasteiger partial charge in [-0.25, -0.2) is 0 Å². The molecule has 0 saturated carbocycles. The first kappa shape index (κ1) is 18.5. The van der Waals surface area contributed by atoms with Gasteiger partial charge in [-0.1, -0.05) is 44.2 Å². The minimum Gasteiger partial charge on any atom is -0.352 e. The lowest BCUT2D eigenvalue weighted by Crippen LogP contribution is -2.44. The molecule has 1 aliphatic heterocycles. The van der Waals surface area contributed by atoms with E-state index in [4.69, 9.17) is 5.73 Å². The predicted molar refractivity (Wildman–Crippen MR) is 95.1 cm³/mol. The largest absolute Gasteiger partial charge is 0.352 e. The standard InChI is InChI=1S/C19H29N3O2/c1-13(2)9-17(11-20)21-19(24)16-10-18(23)22(12-16)14(3)15-7-5-4-6-8-15/h4-8,13-14,16-17H,9-12,20H2,1-3H3,(H,21,24). The fourth-order valence-corrected chi connectivity index (χ4v) is 3.30. The summed E-state index contributed by atoms with van der Waals surface area (Å²) < 4.78 is 0. The Kier molecular flexibility index (Phi) is 6.37. The van der Waals surface area contributed by atoms with Gasteiger partial charge in [-0.15, -0.1) is 0 Å². The van der Waals surface area contributed by atoms with Gasteiger partial charge in [0.1, 0.15) is 0 Å². The molecule has 132 valence electrons. The van der Waals surface area contributed by atoms with E-state index in [0.717, 1.165) is 12.0 Å². The van der Waals surface area contributed by atoms with Crippen LogP contribution in [-0.4, -0.2) is 35.8 Å². The van der Waals surface area contributed by atoms with Crippen molar-refractivity contribution in [3.63, 3.8) is 0 Å². The van der Waals surface area contributed by atoms with Crippen LogP contribution in [0.2, 0.25) is 0 Å². The Labute approximate surface area is 144 Å². The maximum Gasteiger partial charge on any atom is 0.225 e. The van der Waals surface area contributed by atoms with Crippen LogP contribution in [0.15, 0.2) is 30.3 Å². The van der Waals surface area contributed by atoms with Crippen molar-refractivity contribution in [3.05, 3.63) is 35.9 Å². The number of hydrogen-bond donors (Lipinski definition) is 2. The summed E-state index contributed by atoms with van der Waals surface area (Å²) >= 11 is 0. The fraction of sp³-hybridized carbons (Fsp3) is 0.579. The Hall–Kier alpha value is -1.88. The van der Waals surface area contributed by atoms with Crippen LogP contribution in [0, 0.1) is 11.8 Å². The van der Waals surface area contributed by atoms with Crippen LogP contribution < -0.4 is 11.1 Å². The van der Waals surface area contributed by atoms with Crippen LogP contribution in [0.25, 0.3) is 0 Å². The molecule has 24 heavy (non-hydrogen) atoms. The quantitative estimate of drug-likeness (QED) is 0.803. The van der Waals surface area contributed by atoms with Gasteiger partial charge in [-0.2, -0.15) is 0 Å². The number of rotatable bonds is 7. The van der Waals surface area contributed by atoms with E-state index >= 15 is 0 Å². The maximum atomic E-state index is 12.5. The normalized spacial score (nSPS) is 20.3. The summed E-state index contributed by atoms with van der Waals surface area (Å²) in [5, 5.41) is 3.02. The van der Waals surface area contributed by atoms with Gasteiger partial charge in [0.2, 0.25) is 11.8 Å². The van der Waals surface area contributed by atoms with Gasteiger partial charge in [0.25, 0.3) is 0 Å². The first-order valence-corrected chi connectivity index (χ1v) is 8.77. The highest BCUT2D eigenvalue weighted by molar-refractivity contribution is 5.89. The molecule has 3 N–H and O–H groups in total. The highest BCUT2D eigenvalue weighted by Gasteiger charge is 2.37. The van der Waals surface area contributed by atoms with Gasteiger partial charge in [0.15, 0.2) is 0 Å². The molecular weight excluding hydrogens is 302 g/mol. The third-order valence-corrected chi connectivity index (χ3v) is 4.67. The molecule has 1 aliphatic rings. The summed E-state index contributed by atoms with van der Waals surface area (Å²) in [6.45, 7) is 7.12. The molecule has 1 fully saturated rings. The number of nitrogens with one attached hydrogen (secondary N) is 1. The van der Waals surface area contributed by atoms with Crippen molar-refractivity contribution in [1.29, 1.82) is 0 Å². The number of carbonyl (C=O) groups is 2. The van der Waals surface area contributed by atoms with E-state index in [2.05, 4.69) is 19.2 Å². The Morgan fingerprint density at radius 3 is 2.54 bits per heavy atom. The van der Waals surface area contributed by atoms with Gasteiger partial charge in [0, 0.05) is 25.6 Å². The van der Waals surface area contributed by atoms with Crippen molar-refractivity contribution in [2.75, 3.05) is 13.1 Å². The second kappa shape index (κ2) is 8.29. The summed E-state index contributed by atoms with van der Waals surface area (Å²) in [5.74, 6) is 0.172. The maximum absolute atomic E-state index is 12.5. The number of nitrogens with two attached hydrogens (primary N) is 1. The van der Waals surface area contributed by atoms with Crippen LogP contribution in [-0.2, 0) is 9.59 Å². The van der Waals surface area contributed by atoms with E-state index in [9.17, 15) is 9.59 Å². The lowest BCUT2D eigenvalue weighted by atomic mass is 10.0. The zero-order chi connectivity index (χ0) is 17.7. The fourth-order valence-electron chi connectivity index (χ4n) is 3.30. The van der Waals surface area contributed by atoms with E-state index < -0.39 is 0 Å². The van der Waals surface area contributed by atoms with E-state index in [0.29, 0.717) is 19.0 Å². The van der Waals surface area contributed by atoms with Gasteiger partial charge < -0.3 is 16.0 Å². The van der Waals surface area contributed by atoms with E-state index in [-0.39, 0.29) is 36.2 Å². The van der Waals surface area contributed by atoms with E-state index in [1.807, 2.05) is 37.3 Å². The van der Waals surface area contributed by atoms with E-state index in [1.165, 1.54) is 0 Å². The Balaban J connectivity index is 1.97. The predicted octanol–water partition coefficient (Wildman–Crippen LogP) is 2.09. The molecule has 0 bridgehead atoms. The first-order valence-electron chi connectivity index (χ1n) is 8.77. The van der Waals surface area contributed by atoms with Crippen LogP contribution in [0.1, 0.15) is 45.2 Å². The molecule has 5 heteroatoms. The number of benzene rings is 1. The van der Waals surface area contributed by atoms with Crippen molar-refractivity contribution >= 4 is 11.8 Å². The van der Waals surface area contributed by atoms with Crippen molar-refractivity contribution in [3.8, 4) is 0 Å². The minimum atomic E-state index is -0.287. The Morgan fingerprint density at radius 1 is 1.29 bits per heavy atom. The number of amides is 2. The second-order valence-electron chi connectivity index (χ2n) is 7.10. The SMILES string of the molecule is CC(C)CC(CN)NC(=O)C1CC(=O)N(C(C)c2ccccc2)C1. The number of likely N-dealkylation sites (tertiary alicyclic amines) is 1. The van der Waals surface area contributed by atoms with Crippen LogP contribution >= 0.6 is 0 Å². The van der Waals surface area contributed by atoms with Gasteiger partial charge >= 0.3 is 0 Å². The molecule has 2 rings (SSSR count). The molecular formula is C19H29N3O2. The molecule has 0 radical (unpaired) electrons. The lowest BCUT2D eigenvalue weighted by molar-refractivity contribution is -0.130. The molecule has 0 aliphatic carbocycles. The number of carbonyl (C=O) groups excluding carboxylic acids is 2. The third kappa shape index (κ3) is 4.57. The van der Waals surface area contributed by atoms with Crippen LogP contribution in [0.5, 0.6) is 0 Å². The number of nitrogens with zero attached hydrogens (tertiary/aromatic N) is 1. The summed E-state index contributed by atoms with van der Waals surface area (Å²) in [6, 6.07) is 9.88.